The van der Waals surface area contributed by atoms with Gasteiger partial charge in [-0.3, -0.25) is 19.3 Å². The molecular weight excluding hydrogens is 519 g/mol. The van der Waals surface area contributed by atoms with Crippen LogP contribution in [0, 0.1) is 5.92 Å². The number of hydrogen-bond acceptors (Lipinski definition) is 6. The number of thioether (sulfide) groups is 1. The molecule has 174 valence electrons. The van der Waals surface area contributed by atoms with Gasteiger partial charge in [-0.1, -0.05) is 84.8 Å². The van der Waals surface area contributed by atoms with Crippen LogP contribution >= 0.6 is 58.8 Å². The molecule has 1 aliphatic heterocycles. The average Bonchev–Trinajstić information content (AvgIpc) is 2.92. The summed E-state index contributed by atoms with van der Waals surface area (Å²) in [6.45, 7) is 3.80. The summed E-state index contributed by atoms with van der Waals surface area (Å²) >= 11 is 24.1. The van der Waals surface area contributed by atoms with E-state index in [1.165, 1.54) is 4.90 Å². The van der Waals surface area contributed by atoms with Gasteiger partial charge in [0.1, 0.15) is 10.1 Å². The first kappa shape index (κ1) is 26.7. The molecule has 0 unspecified atom stereocenters. The lowest BCUT2D eigenvalue weighted by Gasteiger charge is -2.26. The molecule has 1 aromatic rings. The monoisotopic (exact) mass is 538 g/mol. The van der Waals surface area contributed by atoms with Gasteiger partial charge in [0, 0.05) is 13.0 Å². The maximum atomic E-state index is 12.5. The summed E-state index contributed by atoms with van der Waals surface area (Å²) in [6, 6.07) is 6.58. The Morgan fingerprint density at radius 2 is 1.91 bits per heavy atom. The summed E-state index contributed by atoms with van der Waals surface area (Å²) < 4.78 is 4.08. The van der Waals surface area contributed by atoms with Crippen LogP contribution in [0.25, 0.3) is 6.08 Å². The zero-order valence-corrected chi connectivity index (χ0v) is 21.0. The lowest BCUT2D eigenvalue weighted by atomic mass is 10.1. The van der Waals surface area contributed by atoms with Gasteiger partial charge >= 0.3 is 5.97 Å². The predicted octanol–water partition coefficient (Wildman–Crippen LogP) is 4.60. The summed E-state index contributed by atoms with van der Waals surface area (Å²) in [7, 11) is 0. The highest BCUT2D eigenvalue weighted by Crippen LogP contribution is 2.34. The summed E-state index contributed by atoms with van der Waals surface area (Å²) in [4.78, 5) is 36.9. The summed E-state index contributed by atoms with van der Waals surface area (Å²) in [5.74, 6) is -1.18. The SMILES string of the molecule is CC(C)CC(=O)N[C@@H](Oc1ccc(/C=C2\SC(=S)N(CCC(=O)O)C2=O)cc1)C(Cl)(Cl)Cl. The highest BCUT2D eigenvalue weighted by atomic mass is 35.6. The Morgan fingerprint density at radius 1 is 1.28 bits per heavy atom. The molecule has 2 rings (SSSR count). The third kappa shape index (κ3) is 8.12. The largest absolute Gasteiger partial charge is 0.481 e. The van der Waals surface area contributed by atoms with E-state index in [0.717, 1.165) is 11.8 Å². The first-order chi connectivity index (χ1) is 14.9. The highest BCUT2D eigenvalue weighted by molar-refractivity contribution is 8.26. The Kier molecular flexibility index (Phi) is 9.66. The van der Waals surface area contributed by atoms with E-state index in [1.54, 1.807) is 30.3 Å². The first-order valence-electron chi connectivity index (χ1n) is 9.46. The first-order valence-corrected chi connectivity index (χ1v) is 11.8. The van der Waals surface area contributed by atoms with Gasteiger partial charge in [-0.15, -0.1) is 0 Å². The Labute approximate surface area is 210 Å². The number of carboxylic acid groups (broad SMARTS) is 1. The minimum absolute atomic E-state index is 0.0189. The number of rotatable bonds is 9. The molecule has 0 aliphatic carbocycles. The highest BCUT2D eigenvalue weighted by Gasteiger charge is 2.36. The van der Waals surface area contributed by atoms with Crippen molar-refractivity contribution in [2.75, 3.05) is 6.54 Å². The molecule has 2 N–H and O–H groups in total. The Hall–Kier alpha value is -1.52. The van der Waals surface area contributed by atoms with Crippen LogP contribution < -0.4 is 10.1 Å². The number of hydrogen-bond donors (Lipinski definition) is 2. The Balaban J connectivity index is 2.08. The van der Waals surface area contributed by atoms with Crippen molar-refractivity contribution < 1.29 is 24.2 Å². The van der Waals surface area contributed by atoms with Gasteiger partial charge in [0.25, 0.3) is 5.91 Å². The molecule has 2 amide bonds. The number of halogens is 3. The lowest BCUT2D eigenvalue weighted by Crippen LogP contribution is -2.48. The molecule has 1 aromatic carbocycles. The molecule has 12 heteroatoms. The Morgan fingerprint density at radius 3 is 2.44 bits per heavy atom. The number of benzene rings is 1. The summed E-state index contributed by atoms with van der Waals surface area (Å²) in [5, 5.41) is 11.4. The van der Waals surface area contributed by atoms with E-state index in [0.29, 0.717) is 20.5 Å². The van der Waals surface area contributed by atoms with Crippen LogP contribution in [0.3, 0.4) is 0 Å². The minimum atomic E-state index is -1.89. The van der Waals surface area contributed by atoms with Crippen molar-refractivity contribution in [2.24, 2.45) is 5.92 Å². The third-order valence-corrected chi connectivity index (χ3v) is 6.01. The van der Waals surface area contributed by atoms with Gasteiger partial charge in [0.2, 0.25) is 15.9 Å². The van der Waals surface area contributed by atoms with Crippen molar-refractivity contribution in [1.29, 1.82) is 0 Å². The van der Waals surface area contributed by atoms with E-state index in [1.807, 2.05) is 13.8 Å². The summed E-state index contributed by atoms with van der Waals surface area (Å²) in [6.07, 6.45) is 0.504. The molecule has 1 aliphatic rings. The van der Waals surface area contributed by atoms with Crippen molar-refractivity contribution >= 4 is 87.0 Å². The molecular formula is C20H21Cl3N2O5S2. The number of carboxylic acids is 1. The number of carbonyl (C=O) groups is 3. The molecule has 0 bridgehead atoms. The zero-order chi connectivity index (χ0) is 24.1. The predicted molar refractivity (Wildman–Crippen MR) is 131 cm³/mol. The number of nitrogens with one attached hydrogen (secondary N) is 1. The van der Waals surface area contributed by atoms with Crippen molar-refractivity contribution in [3.8, 4) is 5.75 Å². The second-order valence-corrected chi connectivity index (χ2v) is 11.3. The van der Waals surface area contributed by atoms with Crippen LogP contribution in [-0.2, 0) is 14.4 Å². The fourth-order valence-electron chi connectivity index (χ4n) is 2.58. The molecule has 0 spiro atoms. The van der Waals surface area contributed by atoms with Crippen LogP contribution in [0.5, 0.6) is 5.75 Å². The number of carbonyl (C=O) groups excluding carboxylic acids is 2. The van der Waals surface area contributed by atoms with Crippen LogP contribution in [0.1, 0.15) is 32.3 Å². The van der Waals surface area contributed by atoms with E-state index < -0.39 is 16.0 Å². The number of nitrogens with zero attached hydrogens (tertiary/aromatic N) is 1. The average molecular weight is 540 g/mol. The fourth-order valence-corrected chi connectivity index (χ4v) is 4.19. The molecule has 0 aromatic heterocycles. The molecule has 0 saturated carbocycles. The molecule has 1 heterocycles. The second kappa shape index (κ2) is 11.6. The van der Waals surface area contributed by atoms with E-state index in [-0.39, 0.29) is 37.1 Å². The summed E-state index contributed by atoms with van der Waals surface area (Å²) in [5.41, 5.74) is 0.686. The van der Waals surface area contributed by atoms with Crippen molar-refractivity contribution in [3.05, 3.63) is 34.7 Å². The molecule has 1 saturated heterocycles. The standard InChI is InChI=1S/C20H21Cl3N2O5S2/c1-11(2)9-15(26)24-18(20(21,22)23)30-13-5-3-12(4-6-13)10-14-17(29)25(19(31)32-14)8-7-16(27)28/h3-6,10-11,18H,7-9H2,1-2H3,(H,24,26)(H,27,28)/b14-10-/t18-/m0/s1. The van der Waals surface area contributed by atoms with Crippen molar-refractivity contribution in [2.45, 2.75) is 36.7 Å². The van der Waals surface area contributed by atoms with Crippen LogP contribution in [0.2, 0.25) is 0 Å². The van der Waals surface area contributed by atoms with Gasteiger partial charge in [-0.25, -0.2) is 0 Å². The molecule has 7 nitrogen and oxygen atoms in total. The van der Waals surface area contributed by atoms with Crippen LogP contribution in [0.15, 0.2) is 29.2 Å². The molecule has 1 atom stereocenters. The van der Waals surface area contributed by atoms with Crippen molar-refractivity contribution in [3.63, 3.8) is 0 Å². The van der Waals surface area contributed by atoms with Gasteiger partial charge < -0.3 is 15.2 Å². The number of amides is 2. The van der Waals surface area contributed by atoms with Gasteiger partial charge in [-0.2, -0.15) is 0 Å². The number of aliphatic carboxylic acids is 1. The van der Waals surface area contributed by atoms with Gasteiger partial charge in [0.15, 0.2) is 0 Å². The topological polar surface area (TPSA) is 95.9 Å². The molecule has 0 radical (unpaired) electrons. The molecule has 1 fully saturated rings. The third-order valence-electron chi connectivity index (χ3n) is 4.04. The van der Waals surface area contributed by atoms with Gasteiger partial charge in [0.05, 0.1) is 11.3 Å². The maximum Gasteiger partial charge on any atom is 0.305 e. The number of thiocarbonyl (C=S) groups is 1. The van der Waals surface area contributed by atoms with E-state index >= 15 is 0 Å². The number of alkyl halides is 3. The van der Waals surface area contributed by atoms with Crippen LogP contribution in [0.4, 0.5) is 0 Å². The van der Waals surface area contributed by atoms with E-state index in [2.05, 4.69) is 5.32 Å². The smallest absolute Gasteiger partial charge is 0.305 e. The Bertz CT molecular complexity index is 917. The lowest BCUT2D eigenvalue weighted by molar-refractivity contribution is -0.137. The van der Waals surface area contributed by atoms with Crippen molar-refractivity contribution in [1.82, 2.24) is 10.2 Å². The van der Waals surface area contributed by atoms with E-state index in [4.69, 9.17) is 56.9 Å². The van der Waals surface area contributed by atoms with E-state index in [9.17, 15) is 14.4 Å². The maximum absolute atomic E-state index is 12.5. The second-order valence-electron chi connectivity index (χ2n) is 7.25. The normalized spacial score (nSPS) is 16.6. The molecule has 32 heavy (non-hydrogen) atoms. The quantitative estimate of drug-likeness (QED) is 0.205. The zero-order valence-electron chi connectivity index (χ0n) is 17.1. The van der Waals surface area contributed by atoms with Crippen LogP contribution in [-0.4, -0.2) is 48.7 Å². The van der Waals surface area contributed by atoms with Gasteiger partial charge in [-0.05, 0) is 29.7 Å². The number of ether oxygens (including phenoxy) is 1. The minimum Gasteiger partial charge on any atom is -0.481 e. The fraction of sp³-hybridized carbons (Fsp3) is 0.400.